The smallest absolute Gasteiger partial charge is 0.277 e. The number of nitrogens with zero attached hydrogens (tertiary/aromatic N) is 2. The molecule has 26 heavy (non-hydrogen) atoms. The van der Waals surface area contributed by atoms with Crippen molar-refractivity contribution >= 4 is 11.8 Å². The van der Waals surface area contributed by atoms with Crippen LogP contribution >= 0.6 is 11.8 Å². The van der Waals surface area contributed by atoms with E-state index in [2.05, 4.69) is 29.3 Å². The first kappa shape index (κ1) is 18.1. The van der Waals surface area contributed by atoms with E-state index in [9.17, 15) is 0 Å². The van der Waals surface area contributed by atoms with Crippen LogP contribution in [0.1, 0.15) is 17.7 Å². The lowest BCUT2D eigenvalue weighted by atomic mass is 10.2. The third-order valence-corrected chi connectivity index (χ3v) is 4.86. The fourth-order valence-corrected chi connectivity index (χ4v) is 3.33. The van der Waals surface area contributed by atoms with Crippen molar-refractivity contribution in [2.75, 3.05) is 21.3 Å². The third-order valence-electron chi connectivity index (χ3n) is 3.86. The summed E-state index contributed by atoms with van der Waals surface area (Å²) in [7, 11) is 4.70. The van der Waals surface area contributed by atoms with Crippen molar-refractivity contribution in [3.8, 4) is 28.7 Å². The molecule has 2 aromatic carbocycles. The minimum Gasteiger partial charge on any atom is -0.493 e. The monoisotopic (exact) mass is 372 g/mol. The average Bonchev–Trinajstić information content (AvgIpc) is 3.15. The molecule has 136 valence electrons. The van der Waals surface area contributed by atoms with E-state index in [1.807, 2.05) is 18.2 Å². The van der Waals surface area contributed by atoms with Crippen LogP contribution in [0.3, 0.4) is 0 Å². The summed E-state index contributed by atoms with van der Waals surface area (Å²) < 4.78 is 21.9. The first-order chi connectivity index (χ1) is 12.7. The number of hydrogen-bond donors (Lipinski definition) is 0. The first-order valence-corrected chi connectivity index (χ1v) is 8.89. The molecule has 1 heterocycles. The zero-order chi connectivity index (χ0) is 18.5. The summed E-state index contributed by atoms with van der Waals surface area (Å²) in [4.78, 5) is 0. The maximum absolute atomic E-state index is 5.82. The van der Waals surface area contributed by atoms with E-state index < -0.39 is 0 Å². The van der Waals surface area contributed by atoms with E-state index in [0.717, 1.165) is 0 Å². The largest absolute Gasteiger partial charge is 0.493 e. The molecular formula is C19H20N2O4S. The molecule has 0 unspecified atom stereocenters. The molecule has 0 saturated carbocycles. The number of methoxy groups -OCH3 is 3. The van der Waals surface area contributed by atoms with Gasteiger partial charge in [0.2, 0.25) is 11.6 Å². The molecule has 0 aliphatic rings. The van der Waals surface area contributed by atoms with Crippen molar-refractivity contribution in [1.29, 1.82) is 0 Å². The molecule has 1 atom stereocenters. The van der Waals surface area contributed by atoms with Gasteiger partial charge in [0.15, 0.2) is 11.5 Å². The van der Waals surface area contributed by atoms with Crippen LogP contribution in [0, 0.1) is 0 Å². The summed E-state index contributed by atoms with van der Waals surface area (Å²) in [5.74, 6) is 1.98. The minimum absolute atomic E-state index is 0.199. The van der Waals surface area contributed by atoms with Crippen LogP contribution in [0.4, 0.5) is 0 Å². The molecule has 0 amide bonds. The predicted molar refractivity (Wildman–Crippen MR) is 100 cm³/mol. The van der Waals surface area contributed by atoms with Gasteiger partial charge < -0.3 is 18.6 Å². The number of hydrogen-bond acceptors (Lipinski definition) is 7. The highest BCUT2D eigenvalue weighted by molar-refractivity contribution is 7.99. The van der Waals surface area contributed by atoms with Crippen molar-refractivity contribution in [3.63, 3.8) is 0 Å². The van der Waals surface area contributed by atoms with Gasteiger partial charge >= 0.3 is 0 Å². The molecule has 3 rings (SSSR count). The Kier molecular flexibility index (Phi) is 5.68. The molecule has 0 saturated heterocycles. The van der Waals surface area contributed by atoms with Gasteiger partial charge in [-0.2, -0.15) is 0 Å². The lowest BCUT2D eigenvalue weighted by molar-refractivity contribution is 0.324. The Balaban J connectivity index is 1.85. The highest BCUT2D eigenvalue weighted by Gasteiger charge is 2.18. The van der Waals surface area contributed by atoms with Gasteiger partial charge in [-0.1, -0.05) is 42.1 Å². The van der Waals surface area contributed by atoms with Crippen LogP contribution in [0.15, 0.2) is 52.1 Å². The highest BCUT2D eigenvalue weighted by Crippen LogP contribution is 2.42. The Hall–Kier alpha value is -2.67. The summed E-state index contributed by atoms with van der Waals surface area (Å²) in [5.41, 5.74) is 1.90. The van der Waals surface area contributed by atoms with Crippen LogP contribution in [0.2, 0.25) is 0 Å². The number of thioether (sulfide) groups is 1. The fourth-order valence-electron chi connectivity index (χ4n) is 2.52. The lowest BCUT2D eigenvalue weighted by Gasteiger charge is -2.12. The second-order valence-corrected chi connectivity index (χ2v) is 6.75. The predicted octanol–water partition coefficient (Wildman–Crippen LogP) is 4.62. The second-order valence-electron chi connectivity index (χ2n) is 5.46. The van der Waals surface area contributed by atoms with Crippen molar-refractivity contribution in [1.82, 2.24) is 10.2 Å². The minimum atomic E-state index is 0.199. The maximum atomic E-state index is 5.82. The van der Waals surface area contributed by atoms with Gasteiger partial charge in [-0.25, -0.2) is 0 Å². The Morgan fingerprint density at radius 1 is 0.923 bits per heavy atom. The lowest BCUT2D eigenvalue weighted by Crippen LogP contribution is -1.95. The molecule has 1 aromatic heterocycles. The van der Waals surface area contributed by atoms with Crippen LogP contribution in [-0.4, -0.2) is 31.5 Å². The van der Waals surface area contributed by atoms with Gasteiger partial charge in [-0.15, -0.1) is 10.2 Å². The zero-order valence-electron chi connectivity index (χ0n) is 15.1. The van der Waals surface area contributed by atoms with Crippen molar-refractivity contribution in [3.05, 3.63) is 48.0 Å². The average molecular weight is 372 g/mol. The van der Waals surface area contributed by atoms with Crippen LogP contribution in [0.5, 0.6) is 17.2 Å². The SMILES string of the molecule is COc1cc(-c2nnc(S[C@H](C)c3ccccc3)o2)cc(OC)c1OC. The van der Waals surface area contributed by atoms with E-state index >= 15 is 0 Å². The van der Waals surface area contributed by atoms with E-state index in [0.29, 0.717) is 33.9 Å². The topological polar surface area (TPSA) is 66.6 Å². The van der Waals surface area contributed by atoms with Gasteiger partial charge in [-0.3, -0.25) is 0 Å². The number of ether oxygens (including phenoxy) is 3. The molecule has 6 nitrogen and oxygen atoms in total. The van der Waals surface area contributed by atoms with Gasteiger partial charge in [0, 0.05) is 10.8 Å². The number of benzene rings is 2. The molecule has 0 bridgehead atoms. The van der Waals surface area contributed by atoms with Gasteiger partial charge in [0.05, 0.1) is 21.3 Å². The van der Waals surface area contributed by atoms with E-state index in [1.54, 1.807) is 33.5 Å². The summed E-state index contributed by atoms with van der Waals surface area (Å²) in [6.45, 7) is 2.10. The Morgan fingerprint density at radius 2 is 1.58 bits per heavy atom. The van der Waals surface area contributed by atoms with Gasteiger partial charge in [0.25, 0.3) is 5.22 Å². The number of rotatable bonds is 7. The molecule has 7 heteroatoms. The van der Waals surface area contributed by atoms with Gasteiger partial charge in [0.1, 0.15) is 0 Å². The summed E-state index contributed by atoms with van der Waals surface area (Å²) >= 11 is 1.51. The van der Waals surface area contributed by atoms with Crippen molar-refractivity contribution in [2.24, 2.45) is 0 Å². The molecule has 0 spiro atoms. The van der Waals surface area contributed by atoms with E-state index in [-0.39, 0.29) is 5.25 Å². The summed E-state index contributed by atoms with van der Waals surface area (Å²) in [6.07, 6.45) is 0. The van der Waals surface area contributed by atoms with Crippen molar-refractivity contribution < 1.29 is 18.6 Å². The van der Waals surface area contributed by atoms with Gasteiger partial charge in [-0.05, 0) is 24.6 Å². The normalized spacial score (nSPS) is 11.8. The zero-order valence-corrected chi connectivity index (χ0v) is 15.9. The first-order valence-electron chi connectivity index (χ1n) is 8.01. The number of aromatic nitrogens is 2. The maximum Gasteiger partial charge on any atom is 0.277 e. The van der Waals surface area contributed by atoms with Crippen LogP contribution < -0.4 is 14.2 Å². The Labute approximate surface area is 156 Å². The second kappa shape index (κ2) is 8.14. The van der Waals surface area contributed by atoms with Crippen molar-refractivity contribution in [2.45, 2.75) is 17.4 Å². The molecule has 0 N–H and O–H groups in total. The summed E-state index contributed by atoms with van der Waals surface area (Å²) in [5, 5.41) is 9.00. The molecular weight excluding hydrogens is 352 g/mol. The van der Waals surface area contributed by atoms with E-state index in [4.69, 9.17) is 18.6 Å². The summed E-state index contributed by atoms with van der Waals surface area (Å²) in [6, 6.07) is 13.7. The highest BCUT2D eigenvalue weighted by atomic mass is 32.2. The third kappa shape index (κ3) is 3.77. The molecule has 0 aliphatic carbocycles. The molecule has 0 aliphatic heterocycles. The Morgan fingerprint density at radius 3 is 2.15 bits per heavy atom. The Bertz CT molecular complexity index is 842. The van der Waals surface area contributed by atoms with E-state index in [1.165, 1.54) is 17.3 Å². The molecule has 0 radical (unpaired) electrons. The quantitative estimate of drug-likeness (QED) is 0.561. The fraction of sp³-hybridized carbons (Fsp3) is 0.263. The standard InChI is InChI=1S/C19H20N2O4S/c1-12(13-8-6-5-7-9-13)26-19-21-20-18(25-19)14-10-15(22-2)17(24-4)16(11-14)23-3/h5-12H,1-4H3/t12-/m1/s1. The molecule has 0 fully saturated rings. The van der Waals surface area contributed by atoms with Crippen LogP contribution in [0.25, 0.3) is 11.5 Å². The molecule has 3 aromatic rings. The van der Waals surface area contributed by atoms with Crippen LogP contribution in [-0.2, 0) is 0 Å².